The Hall–Kier alpha value is -1.85. The highest BCUT2D eigenvalue weighted by Crippen LogP contribution is 2.35. The van der Waals surface area contributed by atoms with Crippen LogP contribution >= 0.6 is 0 Å². The van der Waals surface area contributed by atoms with Crippen molar-refractivity contribution in [1.29, 1.82) is 0 Å². The SMILES string of the molecule is O=C(O)C(F)(F)C1COc2ccccc2O1. The number of rotatable bonds is 2. The fourth-order valence-electron chi connectivity index (χ4n) is 1.34. The molecule has 1 heterocycles. The highest BCUT2D eigenvalue weighted by Gasteiger charge is 2.51. The summed E-state index contributed by atoms with van der Waals surface area (Å²) < 4.78 is 36.1. The number of carbonyl (C=O) groups is 1. The van der Waals surface area contributed by atoms with E-state index >= 15 is 0 Å². The van der Waals surface area contributed by atoms with Gasteiger partial charge in [0.1, 0.15) is 6.61 Å². The maximum Gasteiger partial charge on any atom is 0.381 e. The Balaban J connectivity index is 2.23. The van der Waals surface area contributed by atoms with Gasteiger partial charge in [-0.2, -0.15) is 8.78 Å². The van der Waals surface area contributed by atoms with E-state index in [1.807, 2.05) is 0 Å². The molecule has 0 spiro atoms. The van der Waals surface area contributed by atoms with Gasteiger partial charge in [0.15, 0.2) is 11.5 Å². The van der Waals surface area contributed by atoms with E-state index < -0.39 is 24.6 Å². The Morgan fingerprint density at radius 2 is 2.00 bits per heavy atom. The summed E-state index contributed by atoms with van der Waals surface area (Å²) in [6.45, 7) is -0.490. The van der Waals surface area contributed by atoms with Gasteiger partial charge in [0, 0.05) is 0 Å². The van der Waals surface area contributed by atoms with Crippen LogP contribution in [0.3, 0.4) is 0 Å². The zero-order valence-corrected chi connectivity index (χ0v) is 8.02. The third kappa shape index (κ3) is 1.66. The molecule has 0 fully saturated rings. The Bertz CT molecular complexity index is 419. The molecule has 0 saturated heterocycles. The Kier molecular flexibility index (Phi) is 2.41. The Morgan fingerprint density at radius 1 is 1.38 bits per heavy atom. The molecule has 4 nitrogen and oxygen atoms in total. The van der Waals surface area contributed by atoms with Gasteiger partial charge < -0.3 is 14.6 Å². The number of carboxylic acids is 1. The van der Waals surface area contributed by atoms with Crippen LogP contribution in [-0.2, 0) is 4.79 Å². The molecule has 0 aromatic heterocycles. The maximum atomic E-state index is 13.1. The van der Waals surface area contributed by atoms with E-state index in [4.69, 9.17) is 14.6 Å². The predicted molar refractivity (Wildman–Crippen MR) is 48.9 cm³/mol. The number of para-hydroxylation sites is 2. The number of hydrogen-bond donors (Lipinski definition) is 1. The fourth-order valence-corrected chi connectivity index (χ4v) is 1.34. The highest BCUT2D eigenvalue weighted by molar-refractivity contribution is 5.76. The standard InChI is InChI=1S/C10H8F2O4/c11-10(12,9(13)14)8-5-15-6-3-1-2-4-7(6)16-8/h1-4,8H,5H2,(H,13,14). The molecule has 1 aliphatic rings. The summed E-state index contributed by atoms with van der Waals surface area (Å²) in [5, 5.41) is 8.36. The summed E-state index contributed by atoms with van der Waals surface area (Å²) in [5.41, 5.74) is 0. The van der Waals surface area contributed by atoms with Crippen LogP contribution in [0.15, 0.2) is 24.3 Å². The number of aliphatic carboxylic acids is 1. The van der Waals surface area contributed by atoms with E-state index in [1.165, 1.54) is 6.07 Å². The summed E-state index contributed by atoms with van der Waals surface area (Å²) in [5.74, 6) is -5.73. The third-order valence-electron chi connectivity index (χ3n) is 2.20. The first-order valence-corrected chi connectivity index (χ1v) is 4.51. The van der Waals surface area contributed by atoms with Crippen LogP contribution in [0.25, 0.3) is 0 Å². The number of hydrogen-bond acceptors (Lipinski definition) is 3. The van der Waals surface area contributed by atoms with Gasteiger partial charge in [0.25, 0.3) is 0 Å². The van der Waals surface area contributed by atoms with Crippen LogP contribution in [-0.4, -0.2) is 29.7 Å². The van der Waals surface area contributed by atoms with Gasteiger partial charge in [-0.15, -0.1) is 0 Å². The Labute approximate surface area is 89.4 Å². The molecule has 1 unspecified atom stereocenters. The predicted octanol–water partition coefficient (Wildman–Crippen LogP) is 1.55. The molecule has 0 aliphatic carbocycles. The second-order valence-corrected chi connectivity index (χ2v) is 3.29. The molecule has 1 atom stereocenters. The van der Waals surface area contributed by atoms with Crippen molar-refractivity contribution in [2.24, 2.45) is 0 Å². The largest absolute Gasteiger partial charge is 0.486 e. The molecule has 1 aliphatic heterocycles. The van der Waals surface area contributed by atoms with Crippen molar-refractivity contribution < 1.29 is 28.2 Å². The molecule has 16 heavy (non-hydrogen) atoms. The number of halogens is 2. The molecule has 1 N–H and O–H groups in total. The maximum absolute atomic E-state index is 13.1. The van der Waals surface area contributed by atoms with E-state index in [0.29, 0.717) is 5.75 Å². The number of alkyl halides is 2. The van der Waals surface area contributed by atoms with Crippen LogP contribution < -0.4 is 9.47 Å². The fraction of sp³-hybridized carbons (Fsp3) is 0.300. The lowest BCUT2D eigenvalue weighted by atomic mass is 10.1. The minimum absolute atomic E-state index is 0.125. The molecule has 2 rings (SSSR count). The van der Waals surface area contributed by atoms with Crippen molar-refractivity contribution in [3.63, 3.8) is 0 Å². The molecule has 0 radical (unpaired) electrons. The molecule has 1 aromatic rings. The third-order valence-corrected chi connectivity index (χ3v) is 2.20. The van der Waals surface area contributed by atoms with Crippen molar-refractivity contribution in [3.05, 3.63) is 24.3 Å². The molecule has 86 valence electrons. The summed E-state index contributed by atoms with van der Waals surface area (Å²) in [7, 11) is 0. The average Bonchev–Trinajstić information content (AvgIpc) is 2.28. The van der Waals surface area contributed by atoms with Crippen LogP contribution in [0.4, 0.5) is 8.78 Å². The van der Waals surface area contributed by atoms with Gasteiger partial charge in [-0.25, -0.2) is 4.79 Å². The molecular formula is C10H8F2O4. The van der Waals surface area contributed by atoms with E-state index in [0.717, 1.165) is 0 Å². The van der Waals surface area contributed by atoms with Gasteiger partial charge in [-0.1, -0.05) is 12.1 Å². The normalized spacial score (nSPS) is 19.2. The number of carboxylic acid groups (broad SMARTS) is 1. The van der Waals surface area contributed by atoms with Crippen molar-refractivity contribution in [2.75, 3.05) is 6.61 Å². The summed E-state index contributed by atoms with van der Waals surface area (Å²) >= 11 is 0. The van der Waals surface area contributed by atoms with E-state index in [1.54, 1.807) is 18.2 Å². The molecule has 6 heteroatoms. The molecule has 0 saturated carbocycles. The zero-order chi connectivity index (χ0) is 11.8. The van der Waals surface area contributed by atoms with Crippen molar-refractivity contribution >= 4 is 5.97 Å². The summed E-state index contributed by atoms with van der Waals surface area (Å²) in [4.78, 5) is 10.3. The molecular weight excluding hydrogens is 222 g/mol. The quantitative estimate of drug-likeness (QED) is 0.837. The second kappa shape index (κ2) is 3.62. The van der Waals surface area contributed by atoms with Gasteiger partial charge >= 0.3 is 11.9 Å². The topological polar surface area (TPSA) is 55.8 Å². The van der Waals surface area contributed by atoms with E-state index in [2.05, 4.69) is 0 Å². The Morgan fingerprint density at radius 3 is 2.62 bits per heavy atom. The zero-order valence-electron chi connectivity index (χ0n) is 8.02. The monoisotopic (exact) mass is 230 g/mol. The summed E-state index contributed by atoms with van der Waals surface area (Å²) in [6.07, 6.45) is -1.81. The second-order valence-electron chi connectivity index (χ2n) is 3.29. The lowest BCUT2D eigenvalue weighted by Gasteiger charge is -2.29. The average molecular weight is 230 g/mol. The van der Waals surface area contributed by atoms with Crippen molar-refractivity contribution in [2.45, 2.75) is 12.0 Å². The smallest absolute Gasteiger partial charge is 0.381 e. The number of fused-ring (bicyclic) bond motifs is 1. The van der Waals surface area contributed by atoms with Crippen LogP contribution in [0.1, 0.15) is 0 Å². The van der Waals surface area contributed by atoms with Gasteiger partial charge in [-0.05, 0) is 12.1 Å². The first-order valence-electron chi connectivity index (χ1n) is 4.51. The van der Waals surface area contributed by atoms with Crippen LogP contribution in [0, 0.1) is 0 Å². The molecule has 0 amide bonds. The summed E-state index contributed by atoms with van der Waals surface area (Å²) in [6, 6.07) is 6.26. The first kappa shape index (κ1) is 10.7. The molecule has 1 aromatic carbocycles. The van der Waals surface area contributed by atoms with Crippen LogP contribution in [0.2, 0.25) is 0 Å². The first-order chi connectivity index (χ1) is 7.51. The highest BCUT2D eigenvalue weighted by atomic mass is 19.3. The van der Waals surface area contributed by atoms with E-state index in [-0.39, 0.29) is 5.75 Å². The van der Waals surface area contributed by atoms with Crippen LogP contribution in [0.5, 0.6) is 11.5 Å². The van der Waals surface area contributed by atoms with Crippen molar-refractivity contribution in [1.82, 2.24) is 0 Å². The number of benzene rings is 1. The number of ether oxygens (including phenoxy) is 2. The van der Waals surface area contributed by atoms with Gasteiger partial charge in [-0.3, -0.25) is 0 Å². The molecule has 0 bridgehead atoms. The minimum Gasteiger partial charge on any atom is -0.486 e. The van der Waals surface area contributed by atoms with Crippen molar-refractivity contribution in [3.8, 4) is 11.5 Å². The van der Waals surface area contributed by atoms with Gasteiger partial charge in [0.2, 0.25) is 6.10 Å². The lowest BCUT2D eigenvalue weighted by Crippen LogP contribution is -2.49. The lowest BCUT2D eigenvalue weighted by molar-refractivity contribution is -0.183. The minimum atomic E-state index is -3.96. The van der Waals surface area contributed by atoms with Gasteiger partial charge in [0.05, 0.1) is 0 Å². The van der Waals surface area contributed by atoms with E-state index in [9.17, 15) is 13.6 Å².